The number of ether oxygens (including phenoxy) is 1. The number of hydrogen-bond acceptors (Lipinski definition) is 4. The Labute approximate surface area is 146 Å². The Bertz CT molecular complexity index is 731. The highest BCUT2D eigenvalue weighted by atomic mass is 35.5. The second kappa shape index (κ2) is 8.56. The molecule has 2 aromatic carbocycles. The zero-order valence-corrected chi connectivity index (χ0v) is 14.5. The summed E-state index contributed by atoms with van der Waals surface area (Å²) < 4.78 is 5.26. The first-order valence-electron chi connectivity index (χ1n) is 7.18. The zero-order chi connectivity index (χ0) is 15.2. The molecule has 0 aliphatic carbocycles. The molecule has 0 atom stereocenters. The van der Waals surface area contributed by atoms with Gasteiger partial charge in [0.15, 0.2) is 5.13 Å². The van der Waals surface area contributed by atoms with Crippen molar-refractivity contribution in [1.29, 1.82) is 0 Å². The van der Waals surface area contributed by atoms with Crippen LogP contribution in [0.3, 0.4) is 0 Å². The summed E-state index contributed by atoms with van der Waals surface area (Å²) in [4.78, 5) is 4.64. The molecule has 3 nitrogen and oxygen atoms in total. The van der Waals surface area contributed by atoms with E-state index in [2.05, 4.69) is 39.9 Å². The Hall–Kier alpha value is -2.04. The van der Waals surface area contributed by atoms with Gasteiger partial charge >= 0.3 is 0 Å². The number of hydrogen-bond donors (Lipinski definition) is 1. The minimum Gasteiger partial charge on any atom is -0.497 e. The predicted octanol–water partition coefficient (Wildman–Crippen LogP) is 4.78. The topological polar surface area (TPSA) is 34.1 Å². The number of halogens is 1. The molecule has 0 saturated heterocycles. The molecule has 1 N–H and O–H groups in total. The molecule has 0 aliphatic rings. The van der Waals surface area contributed by atoms with Gasteiger partial charge in [-0.15, -0.1) is 23.7 Å². The Morgan fingerprint density at radius 3 is 2.61 bits per heavy atom. The summed E-state index contributed by atoms with van der Waals surface area (Å²) in [6.07, 6.45) is 0.820. The Balaban J connectivity index is 0.00000192. The average molecular weight is 347 g/mol. The van der Waals surface area contributed by atoms with Crippen molar-refractivity contribution in [2.45, 2.75) is 13.0 Å². The van der Waals surface area contributed by atoms with Crippen LogP contribution in [0.5, 0.6) is 5.75 Å². The van der Waals surface area contributed by atoms with Crippen LogP contribution >= 0.6 is 23.7 Å². The van der Waals surface area contributed by atoms with Gasteiger partial charge in [-0.25, -0.2) is 4.98 Å². The van der Waals surface area contributed by atoms with Crippen molar-refractivity contribution >= 4 is 28.9 Å². The number of nitrogens with zero attached hydrogens (tertiary/aromatic N) is 1. The highest BCUT2D eigenvalue weighted by Gasteiger charge is 2.04. The summed E-state index contributed by atoms with van der Waals surface area (Å²) in [6, 6.07) is 18.5. The van der Waals surface area contributed by atoms with Gasteiger partial charge in [0.1, 0.15) is 5.75 Å². The van der Waals surface area contributed by atoms with Crippen LogP contribution in [-0.4, -0.2) is 12.1 Å². The molecule has 5 heteroatoms. The monoisotopic (exact) mass is 346 g/mol. The number of rotatable bonds is 6. The highest BCUT2D eigenvalue weighted by molar-refractivity contribution is 7.13. The summed E-state index contributed by atoms with van der Waals surface area (Å²) >= 11 is 1.64. The molecule has 0 saturated carbocycles. The average Bonchev–Trinajstić information content (AvgIpc) is 3.01. The smallest absolute Gasteiger partial charge is 0.183 e. The minimum atomic E-state index is 0. The van der Waals surface area contributed by atoms with Gasteiger partial charge in [-0.05, 0) is 23.3 Å². The van der Waals surface area contributed by atoms with E-state index < -0.39 is 0 Å². The molecule has 0 fully saturated rings. The van der Waals surface area contributed by atoms with E-state index in [0.29, 0.717) is 0 Å². The summed E-state index contributed by atoms with van der Waals surface area (Å²) in [6.45, 7) is 0.799. The van der Waals surface area contributed by atoms with Gasteiger partial charge in [0.05, 0.1) is 12.8 Å². The van der Waals surface area contributed by atoms with Crippen LogP contribution in [0.25, 0.3) is 0 Å². The highest BCUT2D eigenvalue weighted by Crippen LogP contribution is 2.20. The molecule has 0 bridgehead atoms. The molecule has 0 spiro atoms. The van der Waals surface area contributed by atoms with Gasteiger partial charge in [-0.2, -0.15) is 0 Å². The van der Waals surface area contributed by atoms with Crippen LogP contribution in [0, 0.1) is 0 Å². The second-order valence-electron chi connectivity index (χ2n) is 5.01. The van der Waals surface area contributed by atoms with Crippen molar-refractivity contribution in [1.82, 2.24) is 4.98 Å². The Morgan fingerprint density at radius 2 is 1.83 bits per heavy atom. The lowest BCUT2D eigenvalue weighted by Gasteiger charge is -2.03. The number of benzene rings is 2. The zero-order valence-electron chi connectivity index (χ0n) is 12.9. The van der Waals surface area contributed by atoms with Gasteiger partial charge in [0.25, 0.3) is 0 Å². The lowest BCUT2D eigenvalue weighted by Crippen LogP contribution is -1.99. The molecular weight excluding hydrogens is 328 g/mol. The van der Waals surface area contributed by atoms with E-state index in [-0.39, 0.29) is 12.4 Å². The standard InChI is InChI=1S/C18H18N2OS.ClH/c1-21-17-9-5-8-15(11-17)10-16-13-22-18(20-16)19-12-14-6-3-2-4-7-14;/h2-9,11,13H,10,12H2,1H3,(H,19,20);1H. The molecule has 3 aromatic rings. The van der Waals surface area contributed by atoms with E-state index in [9.17, 15) is 0 Å². The number of methoxy groups -OCH3 is 1. The maximum Gasteiger partial charge on any atom is 0.183 e. The second-order valence-corrected chi connectivity index (χ2v) is 5.87. The van der Waals surface area contributed by atoms with Crippen LogP contribution in [0.1, 0.15) is 16.8 Å². The molecule has 3 rings (SSSR count). The lowest BCUT2D eigenvalue weighted by atomic mass is 10.1. The molecule has 23 heavy (non-hydrogen) atoms. The maximum absolute atomic E-state index is 5.26. The third-order valence-corrected chi connectivity index (χ3v) is 4.21. The maximum atomic E-state index is 5.26. The van der Waals surface area contributed by atoms with Gasteiger partial charge in [0, 0.05) is 18.3 Å². The van der Waals surface area contributed by atoms with Gasteiger partial charge < -0.3 is 10.1 Å². The van der Waals surface area contributed by atoms with E-state index in [4.69, 9.17) is 4.74 Å². The quantitative estimate of drug-likeness (QED) is 0.697. The minimum absolute atomic E-state index is 0. The fourth-order valence-corrected chi connectivity index (χ4v) is 2.94. The molecule has 0 radical (unpaired) electrons. The summed E-state index contributed by atoms with van der Waals surface area (Å²) in [5.74, 6) is 0.884. The van der Waals surface area contributed by atoms with Crippen LogP contribution < -0.4 is 10.1 Å². The molecule has 120 valence electrons. The number of aromatic nitrogens is 1. The van der Waals surface area contributed by atoms with Crippen LogP contribution in [-0.2, 0) is 13.0 Å². The third kappa shape index (κ3) is 4.98. The van der Waals surface area contributed by atoms with Crippen molar-refractivity contribution in [3.05, 3.63) is 76.8 Å². The van der Waals surface area contributed by atoms with E-state index >= 15 is 0 Å². The van der Waals surface area contributed by atoms with Crippen molar-refractivity contribution in [3.8, 4) is 5.75 Å². The Morgan fingerprint density at radius 1 is 1.04 bits per heavy atom. The van der Waals surface area contributed by atoms with Gasteiger partial charge in [0.2, 0.25) is 0 Å². The van der Waals surface area contributed by atoms with E-state index in [1.807, 2.05) is 30.3 Å². The normalized spacial score (nSPS) is 9.96. The predicted molar refractivity (Wildman–Crippen MR) is 98.9 cm³/mol. The first-order valence-corrected chi connectivity index (χ1v) is 8.06. The molecule has 0 amide bonds. The molecule has 0 unspecified atom stereocenters. The fourth-order valence-electron chi connectivity index (χ4n) is 2.23. The van der Waals surface area contributed by atoms with Crippen molar-refractivity contribution in [2.24, 2.45) is 0 Å². The van der Waals surface area contributed by atoms with Gasteiger partial charge in [-0.3, -0.25) is 0 Å². The number of thiazole rings is 1. The first-order chi connectivity index (χ1) is 10.8. The first kappa shape index (κ1) is 17.3. The van der Waals surface area contributed by atoms with Crippen LogP contribution in [0.4, 0.5) is 5.13 Å². The lowest BCUT2D eigenvalue weighted by molar-refractivity contribution is 0.414. The van der Waals surface area contributed by atoms with Crippen LogP contribution in [0.15, 0.2) is 60.0 Å². The molecular formula is C18H19ClN2OS. The van der Waals surface area contributed by atoms with E-state index in [0.717, 1.165) is 29.5 Å². The SMILES string of the molecule is COc1cccc(Cc2csc(NCc3ccccc3)n2)c1.Cl. The largest absolute Gasteiger partial charge is 0.497 e. The van der Waals surface area contributed by atoms with Crippen molar-refractivity contribution < 1.29 is 4.74 Å². The van der Waals surface area contributed by atoms with E-state index in [1.165, 1.54) is 11.1 Å². The third-order valence-electron chi connectivity index (χ3n) is 3.36. The Kier molecular flexibility index (Phi) is 6.44. The summed E-state index contributed by atoms with van der Waals surface area (Å²) in [5.41, 5.74) is 3.54. The molecule has 1 aromatic heterocycles. The molecule has 0 aliphatic heterocycles. The summed E-state index contributed by atoms with van der Waals surface area (Å²) in [7, 11) is 1.69. The number of nitrogens with one attached hydrogen (secondary N) is 1. The van der Waals surface area contributed by atoms with Crippen molar-refractivity contribution in [2.75, 3.05) is 12.4 Å². The van der Waals surface area contributed by atoms with Crippen molar-refractivity contribution in [3.63, 3.8) is 0 Å². The molecule has 1 heterocycles. The van der Waals surface area contributed by atoms with Crippen LogP contribution in [0.2, 0.25) is 0 Å². The fraction of sp³-hybridized carbons (Fsp3) is 0.167. The van der Waals surface area contributed by atoms with E-state index in [1.54, 1.807) is 18.4 Å². The number of anilines is 1. The summed E-state index contributed by atoms with van der Waals surface area (Å²) in [5, 5.41) is 6.44. The van der Waals surface area contributed by atoms with Gasteiger partial charge in [-0.1, -0.05) is 42.5 Å².